The molecular formula is C33H26N4. The highest BCUT2D eigenvalue weighted by Gasteiger charge is 2.11. The number of hydrogen-bond acceptors (Lipinski definition) is 4. The summed E-state index contributed by atoms with van der Waals surface area (Å²) in [5, 5.41) is 0. The van der Waals surface area contributed by atoms with Crippen LogP contribution >= 0.6 is 0 Å². The van der Waals surface area contributed by atoms with Gasteiger partial charge in [0.2, 0.25) is 0 Å². The molecule has 0 radical (unpaired) electrons. The Kier molecular flexibility index (Phi) is 7.70. The molecule has 0 spiro atoms. The smallest absolute Gasteiger partial charge is 0.0980 e. The third-order valence-electron chi connectivity index (χ3n) is 5.70. The summed E-state index contributed by atoms with van der Waals surface area (Å²) in [6.07, 6.45) is 5.33. The molecule has 0 aliphatic carbocycles. The minimum Gasteiger partial charge on any atom is -0.311 e. The number of aromatic nitrogens is 3. The van der Waals surface area contributed by atoms with E-state index in [1.54, 1.807) is 18.6 Å². The molecule has 0 saturated carbocycles. The lowest BCUT2D eigenvalue weighted by molar-refractivity contribution is 1.23. The first-order valence-corrected chi connectivity index (χ1v) is 12.1. The minimum atomic E-state index is 0.858. The normalized spacial score (nSPS) is 10.2. The summed E-state index contributed by atoms with van der Waals surface area (Å²) in [6.45, 7) is 0. The lowest BCUT2D eigenvalue weighted by Gasteiger charge is -2.25. The van der Waals surface area contributed by atoms with Crippen molar-refractivity contribution in [2.45, 2.75) is 0 Å². The molecular weight excluding hydrogens is 452 g/mol. The zero-order valence-corrected chi connectivity index (χ0v) is 20.3. The Hall–Kier alpha value is -5.09. The molecule has 0 saturated heterocycles. The first kappa shape index (κ1) is 23.6. The van der Waals surface area contributed by atoms with Crippen molar-refractivity contribution in [1.82, 2.24) is 15.0 Å². The number of rotatable bonds is 5. The first-order chi connectivity index (χ1) is 18.4. The average molecular weight is 479 g/mol. The van der Waals surface area contributed by atoms with Crippen molar-refractivity contribution in [2.75, 3.05) is 4.90 Å². The van der Waals surface area contributed by atoms with Crippen LogP contribution in [0.2, 0.25) is 0 Å². The van der Waals surface area contributed by atoms with E-state index in [0.717, 1.165) is 22.6 Å². The predicted molar refractivity (Wildman–Crippen MR) is 152 cm³/mol. The van der Waals surface area contributed by atoms with Crippen LogP contribution in [-0.2, 0) is 0 Å². The van der Waals surface area contributed by atoms with Gasteiger partial charge < -0.3 is 4.90 Å². The van der Waals surface area contributed by atoms with Crippen LogP contribution < -0.4 is 4.90 Å². The van der Waals surface area contributed by atoms with Crippen molar-refractivity contribution in [3.8, 4) is 22.6 Å². The van der Waals surface area contributed by atoms with Crippen molar-refractivity contribution in [1.29, 1.82) is 0 Å². The summed E-state index contributed by atoms with van der Waals surface area (Å²) < 4.78 is 0. The standard InChI is InChI=1S/C18H15N.C15H11N3/c1-4-10-16(11-5-1)19(17-12-6-2-7-13-17)18-14-8-3-9-15-18;1-3-9-16-13(7-1)12-6-5-11-18-15(12)14-8-2-4-10-17-14/h1-15H;1-11H. The molecule has 3 aromatic heterocycles. The molecule has 6 aromatic rings. The van der Waals surface area contributed by atoms with Gasteiger partial charge in [0.1, 0.15) is 0 Å². The van der Waals surface area contributed by atoms with Crippen LogP contribution in [0.4, 0.5) is 17.1 Å². The van der Waals surface area contributed by atoms with Gasteiger partial charge in [-0.25, -0.2) is 0 Å². The van der Waals surface area contributed by atoms with Crippen LogP contribution in [0.5, 0.6) is 0 Å². The van der Waals surface area contributed by atoms with Gasteiger partial charge in [0.25, 0.3) is 0 Å². The van der Waals surface area contributed by atoms with Crippen LogP contribution in [-0.4, -0.2) is 15.0 Å². The second kappa shape index (κ2) is 12.0. The van der Waals surface area contributed by atoms with Gasteiger partial charge in [0.15, 0.2) is 0 Å². The van der Waals surface area contributed by atoms with E-state index in [1.165, 1.54) is 17.1 Å². The van der Waals surface area contributed by atoms with Crippen LogP contribution in [0.3, 0.4) is 0 Å². The summed E-state index contributed by atoms with van der Waals surface area (Å²) in [7, 11) is 0. The Morgan fingerprint density at radius 3 is 1.24 bits per heavy atom. The second-order valence-corrected chi connectivity index (χ2v) is 8.17. The maximum absolute atomic E-state index is 4.42. The molecule has 0 bridgehead atoms. The van der Waals surface area contributed by atoms with E-state index in [0.29, 0.717) is 0 Å². The molecule has 6 rings (SSSR count). The molecule has 0 atom stereocenters. The fraction of sp³-hybridized carbons (Fsp3) is 0. The summed E-state index contributed by atoms with van der Waals surface area (Å²) in [5.41, 5.74) is 7.12. The molecule has 178 valence electrons. The van der Waals surface area contributed by atoms with Gasteiger partial charge in [0.05, 0.1) is 17.1 Å². The molecule has 3 heterocycles. The third-order valence-corrected chi connectivity index (χ3v) is 5.70. The highest BCUT2D eigenvalue weighted by Crippen LogP contribution is 2.33. The third kappa shape index (κ3) is 5.95. The number of pyridine rings is 3. The topological polar surface area (TPSA) is 41.9 Å². The van der Waals surface area contributed by atoms with Gasteiger partial charge in [-0.05, 0) is 72.8 Å². The zero-order valence-electron chi connectivity index (χ0n) is 20.3. The first-order valence-electron chi connectivity index (χ1n) is 12.1. The zero-order chi connectivity index (χ0) is 25.1. The number of nitrogens with zero attached hydrogens (tertiary/aromatic N) is 4. The van der Waals surface area contributed by atoms with Crippen molar-refractivity contribution in [3.05, 3.63) is 158 Å². The second-order valence-electron chi connectivity index (χ2n) is 8.17. The van der Waals surface area contributed by atoms with E-state index >= 15 is 0 Å². The van der Waals surface area contributed by atoms with E-state index in [4.69, 9.17) is 0 Å². The fourth-order valence-electron chi connectivity index (χ4n) is 4.02. The minimum absolute atomic E-state index is 0.858. The van der Waals surface area contributed by atoms with Gasteiger partial charge in [0, 0.05) is 41.2 Å². The molecule has 0 unspecified atom stereocenters. The van der Waals surface area contributed by atoms with Gasteiger partial charge >= 0.3 is 0 Å². The lowest BCUT2D eigenvalue weighted by Crippen LogP contribution is -2.09. The molecule has 37 heavy (non-hydrogen) atoms. The highest BCUT2D eigenvalue weighted by atomic mass is 15.1. The Balaban J connectivity index is 0.000000152. The van der Waals surface area contributed by atoms with Crippen LogP contribution in [0, 0.1) is 0 Å². The van der Waals surface area contributed by atoms with Crippen LogP contribution in [0.25, 0.3) is 22.6 Å². The fourth-order valence-corrected chi connectivity index (χ4v) is 4.02. The maximum Gasteiger partial charge on any atom is 0.0980 e. The van der Waals surface area contributed by atoms with Gasteiger partial charge in [-0.1, -0.05) is 66.7 Å². The monoisotopic (exact) mass is 478 g/mol. The SMILES string of the molecule is c1ccc(-c2cccnc2-c2ccccn2)nc1.c1ccc(N(c2ccccc2)c2ccccc2)cc1. The van der Waals surface area contributed by atoms with E-state index in [-0.39, 0.29) is 0 Å². The van der Waals surface area contributed by atoms with Crippen LogP contribution in [0.15, 0.2) is 158 Å². The van der Waals surface area contributed by atoms with Crippen molar-refractivity contribution in [2.24, 2.45) is 0 Å². The largest absolute Gasteiger partial charge is 0.311 e. The van der Waals surface area contributed by atoms with E-state index < -0.39 is 0 Å². The van der Waals surface area contributed by atoms with E-state index in [1.807, 2.05) is 66.7 Å². The van der Waals surface area contributed by atoms with E-state index in [9.17, 15) is 0 Å². The quantitative estimate of drug-likeness (QED) is 0.250. The molecule has 4 nitrogen and oxygen atoms in total. The van der Waals surface area contributed by atoms with Gasteiger partial charge in [-0.2, -0.15) is 0 Å². The molecule has 0 N–H and O–H groups in total. The molecule has 0 fully saturated rings. The summed E-state index contributed by atoms with van der Waals surface area (Å²) >= 11 is 0. The number of hydrogen-bond donors (Lipinski definition) is 0. The Morgan fingerprint density at radius 1 is 0.351 bits per heavy atom. The number of para-hydroxylation sites is 3. The number of benzene rings is 3. The molecule has 0 amide bonds. The predicted octanol–water partition coefficient (Wildman–Crippen LogP) is 8.36. The highest BCUT2D eigenvalue weighted by molar-refractivity contribution is 5.77. The molecule has 4 heteroatoms. The molecule has 0 aliphatic rings. The Bertz CT molecular complexity index is 1340. The summed E-state index contributed by atoms with van der Waals surface area (Å²) in [5.74, 6) is 0. The van der Waals surface area contributed by atoms with E-state index in [2.05, 4.69) is 92.6 Å². The summed E-state index contributed by atoms with van der Waals surface area (Å²) in [6, 6.07) is 46.8. The average Bonchev–Trinajstić information content (AvgIpc) is 3.00. The van der Waals surface area contributed by atoms with Crippen molar-refractivity contribution < 1.29 is 0 Å². The van der Waals surface area contributed by atoms with Gasteiger partial charge in [-0.3, -0.25) is 15.0 Å². The molecule has 0 aliphatic heterocycles. The lowest BCUT2D eigenvalue weighted by atomic mass is 10.1. The Morgan fingerprint density at radius 2 is 0.784 bits per heavy atom. The van der Waals surface area contributed by atoms with Crippen LogP contribution in [0.1, 0.15) is 0 Å². The van der Waals surface area contributed by atoms with Gasteiger partial charge in [-0.15, -0.1) is 0 Å². The number of anilines is 3. The maximum atomic E-state index is 4.42. The summed E-state index contributed by atoms with van der Waals surface area (Å²) in [4.78, 5) is 15.4. The van der Waals surface area contributed by atoms with Crippen molar-refractivity contribution in [3.63, 3.8) is 0 Å². The molecule has 3 aromatic carbocycles. The van der Waals surface area contributed by atoms with Crippen molar-refractivity contribution >= 4 is 17.1 Å². The Labute approximate surface area is 217 Å².